The van der Waals surface area contributed by atoms with Crippen molar-refractivity contribution < 1.29 is 17.9 Å². The smallest absolute Gasteiger partial charge is 0.379 e. The Balaban J connectivity index is 1.26. The van der Waals surface area contributed by atoms with E-state index in [9.17, 15) is 13.2 Å². The number of halogens is 3. The Bertz CT molecular complexity index is 1220. The molecular weight excluding hydrogens is 477 g/mol. The molecule has 1 saturated carbocycles. The molecule has 186 valence electrons. The van der Waals surface area contributed by atoms with Crippen molar-refractivity contribution in [3.8, 4) is 10.7 Å². The van der Waals surface area contributed by atoms with Crippen LogP contribution in [-0.4, -0.2) is 72.6 Å². The van der Waals surface area contributed by atoms with Crippen molar-refractivity contribution in [2.75, 3.05) is 62.7 Å². The Kier molecular flexibility index (Phi) is 6.01. The van der Waals surface area contributed by atoms with Gasteiger partial charge in [0.05, 0.1) is 24.3 Å². The zero-order chi connectivity index (χ0) is 24.0. The van der Waals surface area contributed by atoms with E-state index in [1.54, 1.807) is 0 Å². The Morgan fingerprint density at radius 3 is 2.57 bits per heavy atom. The van der Waals surface area contributed by atoms with Crippen LogP contribution in [0, 0.1) is 0 Å². The summed E-state index contributed by atoms with van der Waals surface area (Å²) in [5, 5.41) is 13.5. The maximum Gasteiger partial charge on any atom is 0.418 e. The quantitative estimate of drug-likeness (QED) is 0.355. The molecule has 0 atom stereocenters. The first-order valence-electron chi connectivity index (χ1n) is 12.1. The largest absolute Gasteiger partial charge is 0.418 e. The van der Waals surface area contributed by atoms with Crippen LogP contribution in [0.1, 0.15) is 36.3 Å². The summed E-state index contributed by atoms with van der Waals surface area (Å²) in [6.45, 7) is 6.87. The highest BCUT2D eigenvalue weighted by Gasteiger charge is 2.37. The van der Waals surface area contributed by atoms with Gasteiger partial charge in [0.1, 0.15) is 5.69 Å². The molecule has 3 fully saturated rings. The van der Waals surface area contributed by atoms with Crippen LogP contribution in [0.25, 0.3) is 21.6 Å². The second kappa shape index (κ2) is 9.18. The van der Waals surface area contributed by atoms with Gasteiger partial charge in [0.15, 0.2) is 5.01 Å². The van der Waals surface area contributed by atoms with Crippen LogP contribution in [-0.2, 0) is 10.9 Å². The van der Waals surface area contributed by atoms with Crippen LogP contribution < -0.4 is 10.2 Å². The van der Waals surface area contributed by atoms with Crippen LogP contribution in [0.15, 0.2) is 18.2 Å². The Morgan fingerprint density at radius 2 is 1.86 bits per heavy atom. The normalized spacial score (nSPS) is 18.9. The number of nitrogens with one attached hydrogen (secondary N) is 1. The van der Waals surface area contributed by atoms with Crippen LogP contribution in [0.5, 0.6) is 0 Å². The van der Waals surface area contributed by atoms with Crippen molar-refractivity contribution in [2.24, 2.45) is 0 Å². The van der Waals surface area contributed by atoms with Gasteiger partial charge < -0.3 is 15.0 Å². The van der Waals surface area contributed by atoms with Gasteiger partial charge in [-0.1, -0.05) is 11.3 Å². The van der Waals surface area contributed by atoms with Gasteiger partial charge in [-0.2, -0.15) is 13.2 Å². The molecule has 2 aromatic heterocycles. The summed E-state index contributed by atoms with van der Waals surface area (Å²) >= 11 is 1.32. The summed E-state index contributed by atoms with van der Waals surface area (Å²) in [7, 11) is 0. The van der Waals surface area contributed by atoms with Gasteiger partial charge in [-0.25, -0.2) is 4.98 Å². The monoisotopic (exact) mass is 504 g/mol. The Morgan fingerprint density at radius 1 is 1.06 bits per heavy atom. The van der Waals surface area contributed by atoms with Gasteiger partial charge in [-0.15, -0.1) is 10.2 Å². The Labute approximate surface area is 205 Å². The highest BCUT2D eigenvalue weighted by molar-refractivity contribution is 7.18. The standard InChI is InChI=1S/C24H27F3N6OS/c25-24(26,27)18-13-16(15-2-3-15)12-17-20(33-6-7-33)14-19(29-21(17)18)22-30-31-23(35-22)28-4-1-5-32-8-10-34-11-9-32/h12-15H,1-11H2,(H,28,31). The number of ether oxygens (including phenoxy) is 1. The summed E-state index contributed by atoms with van der Waals surface area (Å²) in [6.07, 6.45) is -1.62. The van der Waals surface area contributed by atoms with Crippen LogP contribution in [0.2, 0.25) is 0 Å². The third kappa shape index (κ3) is 5.07. The lowest BCUT2D eigenvalue weighted by Crippen LogP contribution is -2.37. The summed E-state index contributed by atoms with van der Waals surface area (Å²) < 4.78 is 47.6. The van der Waals surface area contributed by atoms with Gasteiger partial charge in [0, 0.05) is 43.8 Å². The molecule has 3 aliphatic rings. The molecule has 0 radical (unpaired) electrons. The van der Waals surface area contributed by atoms with E-state index >= 15 is 0 Å². The summed E-state index contributed by atoms with van der Waals surface area (Å²) in [6, 6.07) is 5.08. The predicted octanol–water partition coefficient (Wildman–Crippen LogP) is 4.60. The molecular formula is C24H27F3N6OS. The summed E-state index contributed by atoms with van der Waals surface area (Å²) in [5.74, 6) is 0.224. The molecule has 1 N–H and O–H groups in total. The number of anilines is 2. The minimum absolute atomic E-state index is 0.00322. The molecule has 3 aromatic rings. The maximum atomic E-state index is 14.1. The average molecular weight is 505 g/mol. The number of pyridine rings is 1. The number of hydrogen-bond donors (Lipinski definition) is 1. The molecule has 0 spiro atoms. The third-order valence-electron chi connectivity index (χ3n) is 6.73. The SMILES string of the molecule is FC(F)(F)c1cc(C2CC2)cc2c(N3CC3)cc(-c3nnc(NCCCN4CCOCC4)s3)nc12. The zero-order valence-electron chi connectivity index (χ0n) is 19.3. The van der Waals surface area contributed by atoms with E-state index in [1.807, 2.05) is 12.1 Å². The number of alkyl halides is 3. The predicted molar refractivity (Wildman–Crippen MR) is 130 cm³/mol. The fraction of sp³-hybridized carbons (Fsp3) is 0.542. The van der Waals surface area contributed by atoms with Crippen molar-refractivity contribution in [1.29, 1.82) is 0 Å². The lowest BCUT2D eigenvalue weighted by atomic mass is 10.00. The van der Waals surface area contributed by atoms with Crippen molar-refractivity contribution in [3.63, 3.8) is 0 Å². The summed E-state index contributed by atoms with van der Waals surface area (Å²) in [5.41, 5.74) is 1.34. The van der Waals surface area contributed by atoms with E-state index in [-0.39, 0.29) is 11.4 Å². The molecule has 2 aliphatic heterocycles. The summed E-state index contributed by atoms with van der Waals surface area (Å²) in [4.78, 5) is 8.94. The van der Waals surface area contributed by atoms with Crippen LogP contribution in [0.3, 0.4) is 0 Å². The lowest BCUT2D eigenvalue weighted by molar-refractivity contribution is -0.136. The lowest BCUT2D eigenvalue weighted by Gasteiger charge is -2.26. The van der Waals surface area contributed by atoms with Crippen LogP contribution in [0.4, 0.5) is 24.0 Å². The van der Waals surface area contributed by atoms with Crippen molar-refractivity contribution in [1.82, 2.24) is 20.1 Å². The molecule has 2 saturated heterocycles. The van der Waals surface area contributed by atoms with E-state index in [1.165, 1.54) is 17.4 Å². The molecule has 11 heteroatoms. The van der Waals surface area contributed by atoms with Gasteiger partial charge in [-0.3, -0.25) is 4.90 Å². The first-order valence-corrected chi connectivity index (χ1v) is 13.0. The highest BCUT2D eigenvalue weighted by atomic mass is 32.1. The molecule has 0 bridgehead atoms. The first kappa shape index (κ1) is 22.9. The number of aromatic nitrogens is 3. The fourth-order valence-corrected chi connectivity index (χ4v) is 5.31. The maximum absolute atomic E-state index is 14.1. The number of fused-ring (bicyclic) bond motifs is 1. The molecule has 7 nitrogen and oxygen atoms in total. The number of benzene rings is 1. The van der Waals surface area contributed by atoms with E-state index in [2.05, 4.69) is 30.3 Å². The number of hydrogen-bond acceptors (Lipinski definition) is 8. The fourth-order valence-electron chi connectivity index (χ4n) is 4.58. The highest BCUT2D eigenvalue weighted by Crippen LogP contribution is 2.46. The van der Waals surface area contributed by atoms with Crippen LogP contribution >= 0.6 is 11.3 Å². The zero-order valence-corrected chi connectivity index (χ0v) is 20.1. The van der Waals surface area contributed by atoms with E-state index in [0.29, 0.717) is 21.2 Å². The topological polar surface area (TPSA) is 66.2 Å². The minimum Gasteiger partial charge on any atom is -0.379 e. The molecule has 35 heavy (non-hydrogen) atoms. The molecule has 1 aromatic carbocycles. The third-order valence-corrected chi connectivity index (χ3v) is 7.63. The minimum atomic E-state index is -4.47. The number of morpholine rings is 1. The van der Waals surface area contributed by atoms with E-state index in [0.717, 1.165) is 83.0 Å². The van der Waals surface area contributed by atoms with E-state index in [4.69, 9.17) is 4.74 Å². The van der Waals surface area contributed by atoms with Gasteiger partial charge in [-0.05, 0) is 55.5 Å². The van der Waals surface area contributed by atoms with Crippen molar-refractivity contribution >= 4 is 33.1 Å². The Hall–Kier alpha value is -2.50. The first-order chi connectivity index (χ1) is 17.0. The molecule has 0 unspecified atom stereocenters. The second-order valence-electron chi connectivity index (χ2n) is 9.40. The van der Waals surface area contributed by atoms with Gasteiger partial charge in [0.25, 0.3) is 0 Å². The van der Waals surface area contributed by atoms with Gasteiger partial charge >= 0.3 is 6.18 Å². The van der Waals surface area contributed by atoms with Crippen molar-refractivity contribution in [2.45, 2.75) is 31.4 Å². The molecule has 6 rings (SSSR count). The molecule has 1 aliphatic carbocycles. The number of rotatable bonds is 8. The van der Waals surface area contributed by atoms with Gasteiger partial charge in [0.2, 0.25) is 5.13 Å². The molecule has 0 amide bonds. The second-order valence-corrected chi connectivity index (χ2v) is 10.4. The average Bonchev–Trinajstić information content (AvgIpc) is 3.78. The van der Waals surface area contributed by atoms with E-state index < -0.39 is 11.7 Å². The van der Waals surface area contributed by atoms with Crippen molar-refractivity contribution in [3.05, 3.63) is 29.3 Å². The molecule has 4 heterocycles. The number of nitrogens with zero attached hydrogens (tertiary/aromatic N) is 5.